The molecule has 0 rings (SSSR count). The van der Waals surface area contributed by atoms with Crippen LogP contribution in [-0.4, -0.2) is 31.8 Å². The van der Waals surface area contributed by atoms with Crippen LogP contribution < -0.4 is 4.72 Å². The molecule has 1 atom stereocenters. The average molecular weight is 378 g/mol. The minimum Gasteiger partial charge on any atom is -0.380 e. The molecule has 0 aromatic carbocycles. The van der Waals surface area contributed by atoms with Crippen LogP contribution in [-0.2, 0) is 9.53 Å². The molecule has 3 nitrogen and oxygen atoms in total. The van der Waals surface area contributed by atoms with Gasteiger partial charge in [-0.05, 0) is 30.4 Å². The third kappa shape index (κ3) is 17.2. The second kappa shape index (κ2) is 19.7. The zero-order valence-electron chi connectivity index (χ0n) is 16.7. The molecule has 0 heterocycles. The topological polar surface area (TPSA) is 38.3 Å². The number of rotatable bonds is 13. The van der Waals surface area contributed by atoms with E-state index in [1.807, 2.05) is 25.2 Å². The van der Waals surface area contributed by atoms with E-state index in [9.17, 15) is 4.79 Å². The van der Waals surface area contributed by atoms with Crippen molar-refractivity contribution in [1.29, 1.82) is 0 Å². The lowest BCUT2D eigenvalue weighted by atomic mass is 10.1. The first-order valence-corrected chi connectivity index (χ1v) is 9.67. The average Bonchev–Trinajstić information content (AvgIpc) is 2.61. The van der Waals surface area contributed by atoms with Crippen molar-refractivity contribution in [3.05, 3.63) is 73.4 Å². The maximum Gasteiger partial charge on any atom is 0.137 e. The second-order valence-corrected chi connectivity index (χ2v) is 6.68. The Bertz CT molecular complexity index is 490. The van der Waals surface area contributed by atoms with Crippen molar-refractivity contribution in [2.75, 3.05) is 19.5 Å². The first kappa shape index (κ1) is 26.6. The summed E-state index contributed by atoms with van der Waals surface area (Å²) in [4.78, 5) is 10.8. The molecule has 26 heavy (non-hydrogen) atoms. The highest BCUT2D eigenvalue weighted by Crippen LogP contribution is 2.10. The minimum atomic E-state index is -0.0596. The molecule has 0 fully saturated rings. The number of hydrogen-bond acceptors (Lipinski definition) is 4. The smallest absolute Gasteiger partial charge is 0.137 e. The lowest BCUT2D eigenvalue weighted by molar-refractivity contribution is -0.109. The fourth-order valence-corrected chi connectivity index (χ4v) is 2.69. The highest BCUT2D eigenvalue weighted by molar-refractivity contribution is 7.97. The van der Waals surface area contributed by atoms with Crippen LogP contribution in [0.4, 0.5) is 0 Å². The van der Waals surface area contributed by atoms with Crippen molar-refractivity contribution in [3.8, 4) is 0 Å². The molecule has 146 valence electrons. The molecule has 0 aromatic heterocycles. The van der Waals surface area contributed by atoms with E-state index < -0.39 is 0 Å². The summed E-state index contributed by atoms with van der Waals surface area (Å²) >= 11 is 1.57. The highest BCUT2D eigenvalue weighted by Gasteiger charge is 2.08. The highest BCUT2D eigenvalue weighted by atomic mass is 32.2. The molecule has 0 saturated heterocycles. The van der Waals surface area contributed by atoms with E-state index in [1.54, 1.807) is 37.3 Å². The summed E-state index contributed by atoms with van der Waals surface area (Å²) in [5, 5.41) is 0. The van der Waals surface area contributed by atoms with Gasteiger partial charge in [-0.15, -0.1) is 0 Å². The Hall–Kier alpha value is -1.62. The number of methoxy groups -OCH3 is 1. The molecule has 0 bridgehead atoms. The molecule has 0 aliphatic heterocycles. The van der Waals surface area contributed by atoms with Crippen molar-refractivity contribution >= 4 is 18.2 Å². The van der Waals surface area contributed by atoms with Crippen molar-refractivity contribution in [3.63, 3.8) is 0 Å². The first-order valence-electron chi connectivity index (χ1n) is 8.68. The predicted molar refractivity (Wildman–Crippen MR) is 118 cm³/mol. The molecule has 0 radical (unpaired) electrons. The number of carbonyl (C=O) groups excluding carboxylic acids is 1. The van der Waals surface area contributed by atoms with E-state index >= 15 is 0 Å². The Morgan fingerprint density at radius 1 is 1.15 bits per heavy atom. The summed E-state index contributed by atoms with van der Waals surface area (Å²) in [6, 6.07) is -0.0596. The summed E-state index contributed by atoms with van der Waals surface area (Å²) < 4.78 is 8.05. The zero-order chi connectivity index (χ0) is 20.2. The standard InChI is InChI=1S/C14H23NOS.C8H12O/c1-5-7-13(8-6-2)11-17-15-14(10-16)9-12(3)4;1-4-6-8(5-2)7-9-3/h5-8,10,12,14-15H,1,9,11H2,2-4H3;4-6H,1-2,7H2,3H3/b8-6-,13-7+;8-6+. The van der Waals surface area contributed by atoms with Gasteiger partial charge in [0.25, 0.3) is 0 Å². The van der Waals surface area contributed by atoms with Gasteiger partial charge in [-0.2, -0.15) is 0 Å². The molecule has 0 aliphatic carbocycles. The van der Waals surface area contributed by atoms with E-state index in [0.29, 0.717) is 12.5 Å². The van der Waals surface area contributed by atoms with Gasteiger partial charge >= 0.3 is 0 Å². The maximum absolute atomic E-state index is 10.8. The lowest BCUT2D eigenvalue weighted by Gasteiger charge is -2.14. The van der Waals surface area contributed by atoms with E-state index in [2.05, 4.69) is 44.4 Å². The van der Waals surface area contributed by atoms with Crippen molar-refractivity contribution < 1.29 is 9.53 Å². The number of nitrogens with one attached hydrogen (secondary N) is 1. The van der Waals surface area contributed by atoms with Crippen LogP contribution >= 0.6 is 11.9 Å². The Balaban J connectivity index is 0. The number of ether oxygens (including phenoxy) is 1. The Morgan fingerprint density at radius 2 is 1.77 bits per heavy atom. The van der Waals surface area contributed by atoms with Gasteiger partial charge in [0.1, 0.15) is 6.29 Å². The Labute approximate surface area is 164 Å². The summed E-state index contributed by atoms with van der Waals surface area (Å²) in [5.74, 6) is 1.36. The predicted octanol–water partition coefficient (Wildman–Crippen LogP) is 5.46. The first-order chi connectivity index (χ1) is 12.5. The van der Waals surface area contributed by atoms with Crippen molar-refractivity contribution in [2.24, 2.45) is 5.92 Å². The quantitative estimate of drug-likeness (QED) is 0.263. The van der Waals surface area contributed by atoms with Crippen molar-refractivity contribution in [1.82, 2.24) is 4.72 Å². The van der Waals surface area contributed by atoms with Gasteiger partial charge in [0.15, 0.2) is 0 Å². The Morgan fingerprint density at radius 3 is 2.19 bits per heavy atom. The van der Waals surface area contributed by atoms with E-state index in [1.165, 1.54) is 5.57 Å². The third-order valence-electron chi connectivity index (χ3n) is 2.98. The summed E-state index contributed by atoms with van der Waals surface area (Å²) in [5.41, 5.74) is 2.24. The number of allylic oxidation sites excluding steroid dienone is 6. The summed E-state index contributed by atoms with van der Waals surface area (Å²) in [6.07, 6.45) is 15.0. The van der Waals surface area contributed by atoms with Gasteiger partial charge in [-0.3, -0.25) is 4.72 Å². The molecule has 1 N–H and O–H groups in total. The molecular weight excluding hydrogens is 342 g/mol. The summed E-state index contributed by atoms with van der Waals surface area (Å²) in [7, 11) is 1.65. The number of aldehydes is 1. The lowest BCUT2D eigenvalue weighted by Crippen LogP contribution is -2.26. The van der Waals surface area contributed by atoms with Crippen LogP contribution in [0.15, 0.2) is 73.4 Å². The largest absolute Gasteiger partial charge is 0.380 e. The van der Waals surface area contributed by atoms with Crippen LogP contribution in [0.1, 0.15) is 27.2 Å². The monoisotopic (exact) mass is 377 g/mol. The molecular formula is C22H35NO2S. The van der Waals surface area contributed by atoms with Gasteiger partial charge in [0.05, 0.1) is 12.6 Å². The van der Waals surface area contributed by atoms with Gasteiger partial charge in [-0.25, -0.2) is 0 Å². The van der Waals surface area contributed by atoms with E-state index in [0.717, 1.165) is 24.0 Å². The molecule has 1 unspecified atom stereocenters. The van der Waals surface area contributed by atoms with E-state index in [4.69, 9.17) is 4.74 Å². The fourth-order valence-electron chi connectivity index (χ4n) is 1.88. The molecule has 0 amide bonds. The third-order valence-corrected chi connectivity index (χ3v) is 3.93. The van der Waals surface area contributed by atoms with Crippen LogP contribution in [0, 0.1) is 5.92 Å². The molecule has 4 heteroatoms. The minimum absolute atomic E-state index is 0.0596. The van der Waals surface area contributed by atoms with Crippen molar-refractivity contribution in [2.45, 2.75) is 33.2 Å². The number of hydrogen-bond donors (Lipinski definition) is 1. The van der Waals surface area contributed by atoms with E-state index in [-0.39, 0.29) is 6.04 Å². The molecule has 0 aliphatic rings. The van der Waals surface area contributed by atoms with Crippen LogP contribution in [0.25, 0.3) is 0 Å². The van der Waals surface area contributed by atoms with Crippen LogP contribution in [0.2, 0.25) is 0 Å². The fraction of sp³-hybridized carbons (Fsp3) is 0.409. The maximum atomic E-state index is 10.8. The second-order valence-electron chi connectivity index (χ2n) is 5.87. The molecule has 0 spiro atoms. The Kier molecular flexibility index (Phi) is 20.2. The van der Waals surface area contributed by atoms with Gasteiger partial charge in [-0.1, -0.05) is 88.1 Å². The normalized spacial score (nSPS) is 13.1. The zero-order valence-corrected chi connectivity index (χ0v) is 17.6. The van der Waals surface area contributed by atoms with Crippen LogP contribution in [0.3, 0.4) is 0 Å². The molecule has 0 saturated carbocycles. The van der Waals surface area contributed by atoms with Gasteiger partial charge in [0, 0.05) is 12.9 Å². The van der Waals surface area contributed by atoms with Crippen LogP contribution in [0.5, 0.6) is 0 Å². The SMILES string of the molecule is C=C/C=C(\C=C)COC.C=C/C=C(\C=C/C)CSNC(C=O)CC(C)C. The summed E-state index contributed by atoms with van der Waals surface area (Å²) in [6.45, 7) is 17.7. The number of carbonyl (C=O) groups is 1. The molecule has 0 aromatic rings. The van der Waals surface area contributed by atoms with Gasteiger partial charge in [0.2, 0.25) is 0 Å². The van der Waals surface area contributed by atoms with Gasteiger partial charge < -0.3 is 9.53 Å².